The molecule has 3 fully saturated rings. The fourth-order valence-corrected chi connectivity index (χ4v) is 6.54. The summed E-state index contributed by atoms with van der Waals surface area (Å²) in [5.41, 5.74) is 0.737. The number of nitrogens with zero attached hydrogens (tertiary/aromatic N) is 1. The number of nitrogens with one attached hydrogen (secondary N) is 1. The van der Waals surface area contributed by atoms with Crippen molar-refractivity contribution in [3.05, 3.63) is 29.8 Å². The van der Waals surface area contributed by atoms with E-state index in [1.165, 1.54) is 0 Å². The Hall–Kier alpha value is -1.60. The predicted octanol–water partition coefficient (Wildman–Crippen LogP) is 2.55. The predicted molar refractivity (Wildman–Crippen MR) is 106 cm³/mol. The minimum atomic E-state index is -3.13. The van der Waals surface area contributed by atoms with Crippen LogP contribution in [0.3, 0.4) is 0 Å². The lowest BCUT2D eigenvalue weighted by Gasteiger charge is -2.46. The van der Waals surface area contributed by atoms with Crippen molar-refractivity contribution in [1.29, 1.82) is 0 Å². The third-order valence-electron chi connectivity index (χ3n) is 6.62. The number of carbonyl (C=O) groups excluding carboxylic acids is 1. The van der Waals surface area contributed by atoms with Crippen LogP contribution >= 0.6 is 0 Å². The van der Waals surface area contributed by atoms with E-state index >= 15 is 0 Å². The van der Waals surface area contributed by atoms with Crippen molar-refractivity contribution in [3.63, 3.8) is 0 Å². The van der Waals surface area contributed by atoms with Crippen LogP contribution in [0.15, 0.2) is 24.3 Å². The van der Waals surface area contributed by atoms with E-state index in [2.05, 4.69) is 11.4 Å². The van der Waals surface area contributed by atoms with E-state index in [1.807, 2.05) is 18.2 Å². The van der Waals surface area contributed by atoms with Gasteiger partial charge in [-0.15, -0.1) is 0 Å². The molecule has 4 aliphatic rings. The first-order valence-electron chi connectivity index (χ1n) is 10.5. The van der Waals surface area contributed by atoms with Crippen LogP contribution < -0.4 is 10.1 Å². The van der Waals surface area contributed by atoms with E-state index in [1.54, 1.807) is 4.31 Å². The number of hydrogen-bond donors (Lipinski definition) is 1. The van der Waals surface area contributed by atoms with Gasteiger partial charge >= 0.3 is 0 Å². The molecule has 0 unspecified atom stereocenters. The maximum Gasteiger partial charge on any atom is 0.220 e. The number of ether oxygens (including phenoxy) is 1. The van der Waals surface area contributed by atoms with E-state index in [-0.39, 0.29) is 22.7 Å². The number of fused-ring (bicyclic) bond motifs is 1. The zero-order valence-electron chi connectivity index (χ0n) is 16.1. The van der Waals surface area contributed by atoms with E-state index in [0.717, 1.165) is 43.4 Å². The van der Waals surface area contributed by atoms with Crippen LogP contribution in [-0.4, -0.2) is 48.6 Å². The van der Waals surface area contributed by atoms with Gasteiger partial charge < -0.3 is 10.1 Å². The summed E-state index contributed by atoms with van der Waals surface area (Å²) in [5, 5.41) is 2.94. The monoisotopic (exact) mass is 404 g/mol. The van der Waals surface area contributed by atoms with Crippen molar-refractivity contribution in [2.45, 2.75) is 74.2 Å². The molecule has 5 rings (SSSR count). The summed E-state index contributed by atoms with van der Waals surface area (Å²) >= 11 is 0. The first-order valence-corrected chi connectivity index (χ1v) is 12.0. The van der Waals surface area contributed by atoms with Gasteiger partial charge in [0.15, 0.2) is 0 Å². The van der Waals surface area contributed by atoms with Gasteiger partial charge in [-0.3, -0.25) is 4.79 Å². The smallest absolute Gasteiger partial charge is 0.220 e. The normalized spacial score (nSPS) is 27.1. The molecule has 6 nitrogen and oxygen atoms in total. The van der Waals surface area contributed by atoms with Crippen molar-refractivity contribution >= 4 is 15.9 Å². The van der Waals surface area contributed by atoms with Crippen LogP contribution in [0.1, 0.15) is 62.8 Å². The average Bonchev–Trinajstić information content (AvgIpc) is 3.55. The Morgan fingerprint density at radius 3 is 2.54 bits per heavy atom. The number of hydrogen-bond acceptors (Lipinski definition) is 4. The minimum Gasteiger partial charge on any atom is -0.487 e. The van der Waals surface area contributed by atoms with Crippen molar-refractivity contribution in [3.8, 4) is 5.75 Å². The molecular weight excluding hydrogens is 376 g/mol. The Labute approximate surface area is 166 Å². The van der Waals surface area contributed by atoms with E-state index in [9.17, 15) is 13.2 Å². The van der Waals surface area contributed by atoms with Gasteiger partial charge in [-0.25, -0.2) is 12.7 Å². The Balaban J connectivity index is 1.32. The summed E-state index contributed by atoms with van der Waals surface area (Å²) in [6, 6.07) is 8.37. The number of carbonyl (C=O) groups is 1. The minimum absolute atomic E-state index is 0.119. The van der Waals surface area contributed by atoms with Crippen LogP contribution in [-0.2, 0) is 14.8 Å². The Bertz CT molecular complexity index is 868. The third kappa shape index (κ3) is 3.54. The molecule has 7 heteroatoms. The van der Waals surface area contributed by atoms with Gasteiger partial charge in [-0.1, -0.05) is 18.2 Å². The lowest BCUT2D eigenvalue weighted by atomic mass is 9.76. The van der Waals surface area contributed by atoms with Gasteiger partial charge in [0.25, 0.3) is 0 Å². The zero-order valence-corrected chi connectivity index (χ0v) is 16.9. The topological polar surface area (TPSA) is 75.7 Å². The van der Waals surface area contributed by atoms with Crippen molar-refractivity contribution in [2.75, 3.05) is 13.1 Å². The van der Waals surface area contributed by atoms with Crippen LogP contribution in [0.4, 0.5) is 0 Å². The standard InChI is InChI=1S/C21H28N2O4S/c24-20(22-16-5-6-16)13-15-14-21(27-19-4-2-1-3-18(15)19)9-11-23(12-10-21)28(25,26)17-7-8-17/h1-4,15-17H,5-14H2,(H,22,24)/t15-/m1/s1. The second-order valence-corrected chi connectivity index (χ2v) is 11.1. The fourth-order valence-electron chi connectivity index (χ4n) is 4.70. The summed E-state index contributed by atoms with van der Waals surface area (Å²) < 4.78 is 33.2. The zero-order chi connectivity index (χ0) is 19.4. The molecule has 28 heavy (non-hydrogen) atoms. The molecule has 1 aromatic carbocycles. The number of benzene rings is 1. The number of amides is 1. The number of sulfonamides is 1. The van der Waals surface area contributed by atoms with Crippen LogP contribution in [0, 0.1) is 0 Å². The van der Waals surface area contributed by atoms with Crippen molar-refractivity contribution < 1.29 is 17.9 Å². The molecular formula is C21H28N2O4S. The molecule has 1 amide bonds. The second kappa shape index (κ2) is 6.73. The molecule has 2 aliphatic carbocycles. The lowest BCUT2D eigenvalue weighted by Crippen LogP contribution is -2.52. The third-order valence-corrected chi connectivity index (χ3v) is 9.02. The summed E-state index contributed by atoms with van der Waals surface area (Å²) in [5.74, 6) is 1.10. The fraction of sp³-hybridized carbons (Fsp3) is 0.667. The molecule has 1 spiro atoms. The maximum absolute atomic E-state index is 12.6. The Kier molecular flexibility index (Phi) is 4.43. The van der Waals surface area contributed by atoms with E-state index in [4.69, 9.17) is 4.74 Å². The lowest BCUT2D eigenvalue weighted by molar-refractivity contribution is -0.122. The Morgan fingerprint density at radius 1 is 1.14 bits per heavy atom. The van der Waals surface area contributed by atoms with Crippen LogP contribution in [0.2, 0.25) is 0 Å². The number of piperidine rings is 1. The average molecular weight is 405 g/mol. The SMILES string of the molecule is O=C(C[C@@H]1CC2(CCN(S(=O)(=O)C3CC3)CC2)Oc2ccccc21)NC1CC1. The molecule has 152 valence electrons. The summed E-state index contributed by atoms with van der Waals surface area (Å²) in [4.78, 5) is 12.5. The molecule has 0 radical (unpaired) electrons. The molecule has 2 saturated carbocycles. The first-order chi connectivity index (χ1) is 13.5. The molecule has 1 saturated heterocycles. The largest absolute Gasteiger partial charge is 0.487 e. The molecule has 1 atom stereocenters. The van der Waals surface area contributed by atoms with Gasteiger partial charge in [0.2, 0.25) is 15.9 Å². The highest BCUT2D eigenvalue weighted by Crippen LogP contribution is 2.47. The maximum atomic E-state index is 12.6. The molecule has 1 aromatic rings. The number of para-hydroxylation sites is 1. The number of rotatable bonds is 5. The quantitative estimate of drug-likeness (QED) is 0.818. The highest BCUT2D eigenvalue weighted by molar-refractivity contribution is 7.90. The summed E-state index contributed by atoms with van der Waals surface area (Å²) in [6.45, 7) is 1.03. The van der Waals surface area contributed by atoms with Crippen LogP contribution in [0.5, 0.6) is 5.75 Å². The molecule has 2 heterocycles. The first kappa shape index (κ1) is 18.4. The Morgan fingerprint density at radius 2 is 1.86 bits per heavy atom. The van der Waals surface area contributed by atoms with Gasteiger partial charge in [-0.05, 0) is 43.7 Å². The van der Waals surface area contributed by atoms with Gasteiger partial charge in [0, 0.05) is 44.3 Å². The van der Waals surface area contributed by atoms with E-state index < -0.39 is 10.0 Å². The molecule has 2 aliphatic heterocycles. The summed E-state index contributed by atoms with van der Waals surface area (Å²) in [7, 11) is -3.13. The van der Waals surface area contributed by atoms with Crippen molar-refractivity contribution in [1.82, 2.24) is 9.62 Å². The van der Waals surface area contributed by atoms with Gasteiger partial charge in [0.1, 0.15) is 11.4 Å². The van der Waals surface area contributed by atoms with Crippen LogP contribution in [0.25, 0.3) is 0 Å². The second-order valence-electron chi connectivity index (χ2n) is 8.91. The molecule has 0 bridgehead atoms. The molecule has 0 aromatic heterocycles. The molecule has 1 N–H and O–H groups in total. The highest BCUT2D eigenvalue weighted by Gasteiger charge is 2.48. The summed E-state index contributed by atoms with van der Waals surface area (Å²) in [6.07, 6.45) is 6.40. The van der Waals surface area contributed by atoms with Gasteiger partial charge in [-0.2, -0.15) is 0 Å². The van der Waals surface area contributed by atoms with Crippen molar-refractivity contribution in [2.24, 2.45) is 0 Å². The van der Waals surface area contributed by atoms with E-state index in [0.29, 0.717) is 38.4 Å². The van der Waals surface area contributed by atoms with Gasteiger partial charge in [0.05, 0.1) is 5.25 Å². The highest BCUT2D eigenvalue weighted by atomic mass is 32.2.